The zero-order valence-corrected chi connectivity index (χ0v) is 14.8. The molecule has 0 aliphatic heterocycles. The van der Waals surface area contributed by atoms with Crippen molar-refractivity contribution in [2.75, 3.05) is 5.01 Å². The zero-order valence-electron chi connectivity index (χ0n) is 14.0. The molecular formula is C20H18ClFN2O. The molecule has 0 fully saturated rings. The van der Waals surface area contributed by atoms with Crippen LogP contribution in [0.5, 0.6) is 0 Å². The Bertz CT molecular complexity index is 883. The first-order valence-corrected chi connectivity index (χ1v) is 8.31. The van der Waals surface area contributed by atoms with Crippen LogP contribution in [0.25, 0.3) is 0 Å². The van der Waals surface area contributed by atoms with Gasteiger partial charge in [0.1, 0.15) is 5.82 Å². The van der Waals surface area contributed by atoms with Crippen molar-refractivity contribution in [1.29, 1.82) is 0 Å². The number of amides is 1. The zero-order chi connectivity index (χ0) is 18.0. The van der Waals surface area contributed by atoms with Gasteiger partial charge in [0.25, 0.3) is 5.91 Å². The minimum absolute atomic E-state index is 0.129. The Balaban J connectivity index is 2.04. The van der Waals surface area contributed by atoms with Gasteiger partial charge in [0.2, 0.25) is 0 Å². The number of hydrogen-bond acceptors (Lipinski definition) is 1. The van der Waals surface area contributed by atoms with E-state index in [-0.39, 0.29) is 18.3 Å². The van der Waals surface area contributed by atoms with E-state index >= 15 is 0 Å². The topological polar surface area (TPSA) is 25.2 Å². The molecule has 0 saturated heterocycles. The van der Waals surface area contributed by atoms with Gasteiger partial charge in [-0.05, 0) is 56.3 Å². The molecule has 5 heteroatoms. The second-order valence-electron chi connectivity index (χ2n) is 5.89. The Morgan fingerprint density at radius 2 is 1.60 bits per heavy atom. The highest BCUT2D eigenvalue weighted by atomic mass is 35.5. The first kappa shape index (κ1) is 17.2. The molecule has 0 spiro atoms. The second-order valence-corrected chi connectivity index (χ2v) is 6.33. The Morgan fingerprint density at radius 3 is 2.20 bits per heavy atom. The van der Waals surface area contributed by atoms with Crippen molar-refractivity contribution in [3.63, 3.8) is 0 Å². The monoisotopic (exact) mass is 356 g/mol. The minimum atomic E-state index is -0.334. The summed E-state index contributed by atoms with van der Waals surface area (Å²) in [6.45, 7) is 3.96. The van der Waals surface area contributed by atoms with Crippen molar-refractivity contribution in [3.05, 3.63) is 94.0 Å². The SMILES string of the molecule is Cc1ccc(C)n1N(Cc1ccccc1F)C(=O)c1ccc(Cl)cc1. The molecule has 0 N–H and O–H groups in total. The van der Waals surface area contributed by atoms with Gasteiger partial charge in [-0.3, -0.25) is 9.47 Å². The lowest BCUT2D eigenvalue weighted by Gasteiger charge is -2.27. The van der Waals surface area contributed by atoms with E-state index in [1.165, 1.54) is 6.07 Å². The summed E-state index contributed by atoms with van der Waals surface area (Å²) in [6.07, 6.45) is 0. The highest BCUT2D eigenvalue weighted by molar-refractivity contribution is 6.30. The van der Waals surface area contributed by atoms with Crippen LogP contribution in [0, 0.1) is 19.7 Å². The first-order chi connectivity index (χ1) is 12.0. The third-order valence-corrected chi connectivity index (χ3v) is 4.33. The number of halogens is 2. The molecule has 128 valence electrons. The van der Waals surface area contributed by atoms with Gasteiger partial charge in [-0.2, -0.15) is 0 Å². The summed E-state index contributed by atoms with van der Waals surface area (Å²) in [5.74, 6) is -0.554. The fourth-order valence-corrected chi connectivity index (χ4v) is 2.93. The van der Waals surface area contributed by atoms with Crippen molar-refractivity contribution >= 4 is 17.5 Å². The van der Waals surface area contributed by atoms with Gasteiger partial charge in [-0.1, -0.05) is 29.8 Å². The van der Waals surface area contributed by atoms with Crippen molar-refractivity contribution in [2.45, 2.75) is 20.4 Å². The van der Waals surface area contributed by atoms with Gasteiger partial charge in [0, 0.05) is 27.5 Å². The number of carbonyl (C=O) groups excluding carboxylic acids is 1. The molecule has 0 radical (unpaired) electrons. The maximum absolute atomic E-state index is 14.1. The minimum Gasteiger partial charge on any atom is -0.267 e. The fourth-order valence-electron chi connectivity index (χ4n) is 2.80. The summed E-state index contributed by atoms with van der Waals surface area (Å²) in [7, 11) is 0. The average molecular weight is 357 g/mol. The molecule has 2 aromatic carbocycles. The Labute approximate surface area is 151 Å². The van der Waals surface area contributed by atoms with E-state index in [1.807, 2.05) is 30.7 Å². The number of aryl methyl sites for hydroxylation is 2. The van der Waals surface area contributed by atoms with Crippen LogP contribution in [0.1, 0.15) is 27.3 Å². The van der Waals surface area contributed by atoms with Gasteiger partial charge in [0.05, 0.1) is 6.54 Å². The highest BCUT2D eigenvalue weighted by Gasteiger charge is 2.21. The lowest BCUT2D eigenvalue weighted by molar-refractivity contribution is 0.0954. The molecule has 3 rings (SSSR count). The maximum Gasteiger partial charge on any atom is 0.273 e. The number of aromatic nitrogens is 1. The molecule has 0 aliphatic carbocycles. The Morgan fingerprint density at radius 1 is 1.00 bits per heavy atom. The maximum atomic E-state index is 14.1. The first-order valence-electron chi connectivity index (χ1n) is 7.93. The van der Waals surface area contributed by atoms with E-state index in [1.54, 1.807) is 47.5 Å². The fraction of sp³-hybridized carbons (Fsp3) is 0.150. The van der Waals surface area contributed by atoms with Gasteiger partial charge in [-0.25, -0.2) is 9.40 Å². The van der Waals surface area contributed by atoms with Crippen LogP contribution >= 0.6 is 11.6 Å². The molecule has 1 aromatic heterocycles. The normalized spacial score (nSPS) is 10.7. The number of benzene rings is 2. The summed E-state index contributed by atoms with van der Waals surface area (Å²) in [4.78, 5) is 13.1. The number of carbonyl (C=O) groups is 1. The van der Waals surface area contributed by atoms with E-state index in [9.17, 15) is 9.18 Å². The van der Waals surface area contributed by atoms with Gasteiger partial charge in [-0.15, -0.1) is 0 Å². The number of nitrogens with zero attached hydrogens (tertiary/aromatic N) is 2. The molecule has 1 amide bonds. The quantitative estimate of drug-likeness (QED) is 0.654. The van der Waals surface area contributed by atoms with E-state index in [2.05, 4.69) is 0 Å². The lowest BCUT2D eigenvalue weighted by Crippen LogP contribution is -2.41. The Hall–Kier alpha value is -2.59. The van der Waals surface area contributed by atoms with Crippen molar-refractivity contribution < 1.29 is 9.18 Å². The molecule has 0 unspecified atom stereocenters. The predicted octanol–water partition coefficient (Wildman–Crippen LogP) is 4.88. The van der Waals surface area contributed by atoms with Crippen molar-refractivity contribution in [1.82, 2.24) is 4.68 Å². The summed E-state index contributed by atoms with van der Waals surface area (Å²) in [6, 6.07) is 17.0. The summed E-state index contributed by atoms with van der Waals surface area (Å²) < 4.78 is 16.0. The summed E-state index contributed by atoms with van der Waals surface area (Å²) in [5.41, 5.74) is 2.75. The van der Waals surface area contributed by atoms with Crippen LogP contribution < -0.4 is 5.01 Å². The summed E-state index contributed by atoms with van der Waals surface area (Å²) in [5, 5.41) is 2.11. The Kier molecular flexibility index (Phi) is 4.91. The lowest BCUT2D eigenvalue weighted by atomic mass is 10.1. The average Bonchev–Trinajstić information content (AvgIpc) is 2.93. The van der Waals surface area contributed by atoms with Crippen LogP contribution in [-0.4, -0.2) is 10.6 Å². The van der Waals surface area contributed by atoms with Crippen LogP contribution in [0.2, 0.25) is 5.02 Å². The van der Waals surface area contributed by atoms with Gasteiger partial charge >= 0.3 is 0 Å². The van der Waals surface area contributed by atoms with E-state index in [0.717, 1.165) is 11.4 Å². The van der Waals surface area contributed by atoms with E-state index in [0.29, 0.717) is 16.1 Å². The molecule has 0 atom stereocenters. The third-order valence-electron chi connectivity index (χ3n) is 4.08. The molecule has 0 saturated carbocycles. The van der Waals surface area contributed by atoms with Crippen LogP contribution in [0.3, 0.4) is 0 Å². The largest absolute Gasteiger partial charge is 0.273 e. The molecule has 3 aromatic rings. The number of rotatable bonds is 4. The van der Waals surface area contributed by atoms with Crippen molar-refractivity contribution in [2.24, 2.45) is 0 Å². The van der Waals surface area contributed by atoms with Crippen LogP contribution in [0.15, 0.2) is 60.7 Å². The summed E-state index contributed by atoms with van der Waals surface area (Å²) >= 11 is 5.92. The van der Waals surface area contributed by atoms with Gasteiger partial charge < -0.3 is 0 Å². The molecule has 3 nitrogen and oxygen atoms in total. The molecule has 0 aliphatic rings. The van der Waals surface area contributed by atoms with Crippen molar-refractivity contribution in [3.8, 4) is 0 Å². The second kappa shape index (κ2) is 7.11. The number of hydrogen-bond donors (Lipinski definition) is 0. The molecule has 0 bridgehead atoms. The molecule has 25 heavy (non-hydrogen) atoms. The van der Waals surface area contributed by atoms with Gasteiger partial charge in [0.15, 0.2) is 0 Å². The van der Waals surface area contributed by atoms with E-state index in [4.69, 9.17) is 11.6 Å². The standard InChI is InChI=1S/C20H18ClFN2O/c1-14-7-8-15(2)24(14)23(13-17-5-3-4-6-19(17)22)20(25)16-9-11-18(21)12-10-16/h3-12H,13H2,1-2H3. The molecule has 1 heterocycles. The van der Waals surface area contributed by atoms with Crippen LogP contribution in [-0.2, 0) is 6.54 Å². The van der Waals surface area contributed by atoms with E-state index < -0.39 is 0 Å². The molecular weight excluding hydrogens is 339 g/mol. The van der Waals surface area contributed by atoms with Crippen LogP contribution in [0.4, 0.5) is 4.39 Å². The predicted molar refractivity (Wildman–Crippen MR) is 98.0 cm³/mol. The smallest absolute Gasteiger partial charge is 0.267 e. The third kappa shape index (κ3) is 3.59. The highest BCUT2D eigenvalue weighted by Crippen LogP contribution is 2.18.